The van der Waals surface area contributed by atoms with Crippen LogP contribution in [0.4, 0.5) is 0 Å². The van der Waals surface area contributed by atoms with Gasteiger partial charge < -0.3 is 14.6 Å². The summed E-state index contributed by atoms with van der Waals surface area (Å²) in [5.41, 5.74) is 1.08. The van der Waals surface area contributed by atoms with Crippen LogP contribution in [0.3, 0.4) is 0 Å². The zero-order chi connectivity index (χ0) is 14.1. The van der Waals surface area contributed by atoms with Gasteiger partial charge in [-0.2, -0.15) is 0 Å². The summed E-state index contributed by atoms with van der Waals surface area (Å²) in [5.74, 6) is 3.72. The fourth-order valence-electron chi connectivity index (χ4n) is 1.90. The van der Waals surface area contributed by atoms with E-state index in [4.69, 9.17) is 21.0 Å². The van der Waals surface area contributed by atoms with E-state index in [0.29, 0.717) is 19.4 Å². The molecule has 3 heteroatoms. The highest BCUT2D eigenvalue weighted by molar-refractivity contribution is 5.26. The first-order valence-corrected chi connectivity index (χ1v) is 6.50. The molecule has 0 aliphatic rings. The monoisotopic (exact) mass is 262 g/mol. The van der Waals surface area contributed by atoms with Gasteiger partial charge in [0.1, 0.15) is 5.75 Å². The second kappa shape index (κ2) is 8.58. The number of ether oxygens (including phenoxy) is 2. The van der Waals surface area contributed by atoms with E-state index in [-0.39, 0.29) is 18.6 Å². The summed E-state index contributed by atoms with van der Waals surface area (Å²) in [6.45, 7) is 2.68. The SMILES string of the molecule is C#CC[C@H](C)[C@@H](CCO)OCc1ccc(OC)cc1. The van der Waals surface area contributed by atoms with Crippen LogP contribution < -0.4 is 4.74 Å². The summed E-state index contributed by atoms with van der Waals surface area (Å²) in [7, 11) is 1.64. The topological polar surface area (TPSA) is 38.7 Å². The van der Waals surface area contributed by atoms with Crippen molar-refractivity contribution in [3.63, 3.8) is 0 Å². The van der Waals surface area contributed by atoms with Crippen LogP contribution in [-0.4, -0.2) is 24.9 Å². The predicted octanol–water partition coefficient (Wildman–Crippen LogP) is 2.62. The summed E-state index contributed by atoms with van der Waals surface area (Å²) in [6, 6.07) is 7.76. The molecule has 1 aromatic carbocycles. The number of hydrogen-bond acceptors (Lipinski definition) is 3. The molecule has 0 bridgehead atoms. The number of terminal acetylenes is 1. The van der Waals surface area contributed by atoms with Crippen LogP contribution in [0, 0.1) is 18.3 Å². The Bertz CT molecular complexity index is 391. The molecular formula is C16H22O3. The van der Waals surface area contributed by atoms with Crippen molar-refractivity contribution in [1.29, 1.82) is 0 Å². The van der Waals surface area contributed by atoms with E-state index >= 15 is 0 Å². The third-order valence-electron chi connectivity index (χ3n) is 3.11. The van der Waals surface area contributed by atoms with Gasteiger partial charge in [0, 0.05) is 13.0 Å². The first kappa shape index (κ1) is 15.6. The Morgan fingerprint density at radius 3 is 2.53 bits per heavy atom. The number of aliphatic hydroxyl groups is 1. The van der Waals surface area contributed by atoms with Crippen LogP contribution in [0.5, 0.6) is 5.75 Å². The van der Waals surface area contributed by atoms with E-state index in [9.17, 15) is 0 Å². The van der Waals surface area contributed by atoms with Gasteiger partial charge >= 0.3 is 0 Å². The number of aliphatic hydroxyl groups excluding tert-OH is 1. The van der Waals surface area contributed by atoms with E-state index in [1.165, 1.54) is 0 Å². The number of hydrogen-bond donors (Lipinski definition) is 1. The first-order chi connectivity index (χ1) is 9.21. The average molecular weight is 262 g/mol. The maximum atomic E-state index is 9.07. The van der Waals surface area contributed by atoms with Gasteiger partial charge in [-0.25, -0.2) is 0 Å². The molecule has 0 amide bonds. The van der Waals surface area contributed by atoms with Crippen molar-refractivity contribution in [2.75, 3.05) is 13.7 Å². The molecule has 0 radical (unpaired) electrons. The molecular weight excluding hydrogens is 240 g/mol. The smallest absolute Gasteiger partial charge is 0.118 e. The molecule has 104 valence electrons. The van der Waals surface area contributed by atoms with Gasteiger partial charge in [-0.1, -0.05) is 19.1 Å². The lowest BCUT2D eigenvalue weighted by Gasteiger charge is -2.22. The Hall–Kier alpha value is -1.50. The van der Waals surface area contributed by atoms with Crippen molar-refractivity contribution in [2.45, 2.75) is 32.5 Å². The highest BCUT2D eigenvalue weighted by Gasteiger charge is 2.16. The van der Waals surface area contributed by atoms with E-state index in [0.717, 1.165) is 11.3 Å². The average Bonchev–Trinajstić information content (AvgIpc) is 2.44. The van der Waals surface area contributed by atoms with E-state index in [1.807, 2.05) is 31.2 Å². The quantitative estimate of drug-likeness (QED) is 0.732. The molecule has 0 aliphatic heterocycles. The molecule has 0 unspecified atom stereocenters. The third-order valence-corrected chi connectivity index (χ3v) is 3.11. The molecule has 1 aromatic rings. The highest BCUT2D eigenvalue weighted by atomic mass is 16.5. The zero-order valence-corrected chi connectivity index (χ0v) is 11.6. The Morgan fingerprint density at radius 2 is 2.00 bits per heavy atom. The number of benzene rings is 1. The molecule has 19 heavy (non-hydrogen) atoms. The van der Waals surface area contributed by atoms with Crippen molar-refractivity contribution >= 4 is 0 Å². The lowest BCUT2D eigenvalue weighted by molar-refractivity contribution is -0.00749. The minimum atomic E-state index is -0.0110. The molecule has 3 nitrogen and oxygen atoms in total. The fourth-order valence-corrected chi connectivity index (χ4v) is 1.90. The second-order valence-electron chi connectivity index (χ2n) is 4.60. The van der Waals surface area contributed by atoms with Crippen LogP contribution in [0.15, 0.2) is 24.3 Å². The molecule has 0 saturated carbocycles. The summed E-state index contributed by atoms with van der Waals surface area (Å²) in [5, 5.41) is 9.07. The van der Waals surface area contributed by atoms with Crippen molar-refractivity contribution in [3.8, 4) is 18.1 Å². The molecule has 1 rings (SSSR count). The van der Waals surface area contributed by atoms with Crippen molar-refractivity contribution in [3.05, 3.63) is 29.8 Å². The summed E-state index contributed by atoms with van der Waals surface area (Å²) in [4.78, 5) is 0. The van der Waals surface area contributed by atoms with Gasteiger partial charge in [0.15, 0.2) is 0 Å². The molecule has 0 spiro atoms. The van der Waals surface area contributed by atoms with Crippen molar-refractivity contribution in [1.82, 2.24) is 0 Å². The summed E-state index contributed by atoms with van der Waals surface area (Å²) < 4.78 is 11.0. The Kier molecular flexibility index (Phi) is 7.02. The predicted molar refractivity (Wildman–Crippen MR) is 75.9 cm³/mol. The lowest BCUT2D eigenvalue weighted by atomic mass is 9.99. The maximum Gasteiger partial charge on any atom is 0.118 e. The van der Waals surface area contributed by atoms with E-state index in [2.05, 4.69) is 5.92 Å². The van der Waals surface area contributed by atoms with Gasteiger partial charge in [0.2, 0.25) is 0 Å². The molecule has 0 fully saturated rings. The van der Waals surface area contributed by atoms with E-state index < -0.39 is 0 Å². The summed E-state index contributed by atoms with van der Waals surface area (Å²) >= 11 is 0. The molecule has 0 saturated heterocycles. The lowest BCUT2D eigenvalue weighted by Crippen LogP contribution is -2.23. The standard InChI is InChI=1S/C16H22O3/c1-4-5-13(2)16(10-11-17)19-12-14-6-8-15(18-3)9-7-14/h1,6-9,13,16-17H,5,10-12H2,2-3H3/t13-,16+/m0/s1. The minimum Gasteiger partial charge on any atom is -0.497 e. The Balaban J connectivity index is 2.52. The second-order valence-corrected chi connectivity index (χ2v) is 4.60. The van der Waals surface area contributed by atoms with Gasteiger partial charge in [0.25, 0.3) is 0 Å². The molecule has 2 atom stereocenters. The fraction of sp³-hybridized carbons (Fsp3) is 0.500. The van der Waals surface area contributed by atoms with Crippen LogP contribution in [0.25, 0.3) is 0 Å². The third kappa shape index (κ3) is 5.34. The highest BCUT2D eigenvalue weighted by Crippen LogP contribution is 2.18. The van der Waals surface area contributed by atoms with Gasteiger partial charge in [-0.15, -0.1) is 12.3 Å². The molecule has 1 N–H and O–H groups in total. The molecule has 0 heterocycles. The maximum absolute atomic E-state index is 9.07. The first-order valence-electron chi connectivity index (χ1n) is 6.50. The Labute approximate surface area is 115 Å². The van der Waals surface area contributed by atoms with E-state index in [1.54, 1.807) is 7.11 Å². The van der Waals surface area contributed by atoms with Crippen LogP contribution in [-0.2, 0) is 11.3 Å². The number of methoxy groups -OCH3 is 1. The van der Waals surface area contributed by atoms with Crippen LogP contribution in [0.1, 0.15) is 25.3 Å². The van der Waals surface area contributed by atoms with Crippen molar-refractivity contribution < 1.29 is 14.6 Å². The van der Waals surface area contributed by atoms with Gasteiger partial charge in [0.05, 0.1) is 19.8 Å². The zero-order valence-electron chi connectivity index (χ0n) is 11.6. The van der Waals surface area contributed by atoms with Crippen LogP contribution >= 0.6 is 0 Å². The van der Waals surface area contributed by atoms with Gasteiger partial charge in [-0.05, 0) is 30.0 Å². The molecule has 0 aliphatic carbocycles. The normalized spacial score (nSPS) is 13.6. The van der Waals surface area contributed by atoms with Crippen molar-refractivity contribution in [2.24, 2.45) is 5.92 Å². The van der Waals surface area contributed by atoms with Gasteiger partial charge in [-0.3, -0.25) is 0 Å². The Morgan fingerprint density at radius 1 is 1.32 bits per heavy atom. The largest absolute Gasteiger partial charge is 0.497 e. The van der Waals surface area contributed by atoms with Crippen LogP contribution in [0.2, 0.25) is 0 Å². The summed E-state index contributed by atoms with van der Waals surface area (Å²) in [6.07, 6.45) is 6.58. The minimum absolute atomic E-state index is 0.0110. The number of rotatable bonds is 8. The molecule has 0 aromatic heterocycles.